The Hall–Kier alpha value is -0.890. The van der Waals surface area contributed by atoms with Crippen LogP contribution in [-0.4, -0.2) is 5.78 Å². The standard InChI is InChI=1S/C12H12ClFO/c13-11-4-3-9(7-12(11)14)6-10(15)5-8-1-2-8/h3-4,7-8H,1-2,5-6H2. The Morgan fingerprint density at radius 3 is 2.80 bits per heavy atom. The molecule has 0 spiro atoms. The van der Waals surface area contributed by atoms with E-state index < -0.39 is 5.82 Å². The largest absolute Gasteiger partial charge is 0.299 e. The molecule has 0 bridgehead atoms. The van der Waals surface area contributed by atoms with Gasteiger partial charge >= 0.3 is 0 Å². The topological polar surface area (TPSA) is 17.1 Å². The van der Waals surface area contributed by atoms with E-state index in [4.69, 9.17) is 11.6 Å². The lowest BCUT2D eigenvalue weighted by atomic mass is 10.1. The molecule has 0 amide bonds. The highest BCUT2D eigenvalue weighted by molar-refractivity contribution is 6.30. The van der Waals surface area contributed by atoms with Gasteiger partial charge in [-0.05, 0) is 36.5 Å². The van der Waals surface area contributed by atoms with Gasteiger partial charge in [-0.2, -0.15) is 0 Å². The zero-order valence-electron chi connectivity index (χ0n) is 8.30. The molecule has 0 N–H and O–H groups in total. The van der Waals surface area contributed by atoms with Gasteiger partial charge in [0.05, 0.1) is 5.02 Å². The van der Waals surface area contributed by atoms with Crippen molar-refractivity contribution in [3.05, 3.63) is 34.6 Å². The van der Waals surface area contributed by atoms with E-state index in [1.807, 2.05) is 0 Å². The molecule has 15 heavy (non-hydrogen) atoms. The van der Waals surface area contributed by atoms with E-state index in [1.165, 1.54) is 25.0 Å². The first-order chi connectivity index (χ1) is 7.15. The maximum absolute atomic E-state index is 13.1. The second-order valence-corrected chi connectivity index (χ2v) is 4.52. The normalized spacial score (nSPS) is 15.3. The molecule has 1 aliphatic rings. The molecule has 0 unspecified atom stereocenters. The van der Waals surface area contributed by atoms with Crippen molar-refractivity contribution in [3.8, 4) is 0 Å². The van der Waals surface area contributed by atoms with Crippen LogP contribution in [0.15, 0.2) is 18.2 Å². The fourth-order valence-corrected chi connectivity index (χ4v) is 1.71. The first-order valence-corrected chi connectivity index (χ1v) is 5.48. The minimum atomic E-state index is -0.451. The van der Waals surface area contributed by atoms with Crippen LogP contribution in [0, 0.1) is 11.7 Å². The zero-order valence-corrected chi connectivity index (χ0v) is 9.06. The molecule has 0 saturated heterocycles. The SMILES string of the molecule is O=C(Cc1ccc(Cl)c(F)c1)CC1CC1. The first kappa shape index (κ1) is 10.6. The summed E-state index contributed by atoms with van der Waals surface area (Å²) in [4.78, 5) is 11.5. The molecule has 0 atom stereocenters. The van der Waals surface area contributed by atoms with Crippen LogP contribution in [0.2, 0.25) is 5.02 Å². The van der Waals surface area contributed by atoms with Crippen LogP contribution < -0.4 is 0 Å². The predicted molar refractivity (Wildman–Crippen MR) is 57.5 cm³/mol. The van der Waals surface area contributed by atoms with Crippen molar-refractivity contribution in [1.82, 2.24) is 0 Å². The van der Waals surface area contributed by atoms with E-state index in [-0.39, 0.29) is 10.8 Å². The van der Waals surface area contributed by atoms with Crippen molar-refractivity contribution < 1.29 is 9.18 Å². The van der Waals surface area contributed by atoms with Crippen LogP contribution in [0.3, 0.4) is 0 Å². The van der Waals surface area contributed by atoms with Crippen LogP contribution >= 0.6 is 11.6 Å². The van der Waals surface area contributed by atoms with Crippen molar-refractivity contribution in [2.45, 2.75) is 25.7 Å². The number of halogens is 2. The summed E-state index contributed by atoms with van der Waals surface area (Å²) in [7, 11) is 0. The molecule has 80 valence electrons. The average Bonchev–Trinajstić information content (AvgIpc) is 2.95. The van der Waals surface area contributed by atoms with Crippen LogP contribution in [-0.2, 0) is 11.2 Å². The maximum Gasteiger partial charge on any atom is 0.142 e. The molecule has 0 aromatic heterocycles. The lowest BCUT2D eigenvalue weighted by Crippen LogP contribution is -2.03. The molecule has 0 radical (unpaired) electrons. The minimum Gasteiger partial charge on any atom is -0.299 e. The molecular weight excluding hydrogens is 215 g/mol. The van der Waals surface area contributed by atoms with Crippen LogP contribution in [0.5, 0.6) is 0 Å². The van der Waals surface area contributed by atoms with Crippen LogP contribution in [0.1, 0.15) is 24.8 Å². The summed E-state index contributed by atoms with van der Waals surface area (Å²) in [6.07, 6.45) is 3.30. The van der Waals surface area contributed by atoms with Crippen molar-refractivity contribution >= 4 is 17.4 Å². The number of rotatable bonds is 4. The molecule has 2 rings (SSSR count). The number of hydrogen-bond donors (Lipinski definition) is 0. The summed E-state index contributed by atoms with van der Waals surface area (Å²) in [5.74, 6) is 0.335. The second-order valence-electron chi connectivity index (χ2n) is 4.11. The summed E-state index contributed by atoms with van der Waals surface area (Å²) < 4.78 is 13.1. The third kappa shape index (κ3) is 3.03. The molecule has 1 nitrogen and oxygen atoms in total. The molecular formula is C12H12ClFO. The number of benzene rings is 1. The van der Waals surface area contributed by atoms with Gasteiger partial charge in [-0.1, -0.05) is 17.7 Å². The van der Waals surface area contributed by atoms with Gasteiger partial charge in [-0.15, -0.1) is 0 Å². The smallest absolute Gasteiger partial charge is 0.142 e. The van der Waals surface area contributed by atoms with Gasteiger partial charge in [0.25, 0.3) is 0 Å². The Morgan fingerprint density at radius 1 is 1.47 bits per heavy atom. The Bertz CT molecular complexity index is 385. The Balaban J connectivity index is 1.97. The fourth-order valence-electron chi connectivity index (χ4n) is 1.59. The molecule has 3 heteroatoms. The highest BCUT2D eigenvalue weighted by atomic mass is 35.5. The molecule has 1 aromatic carbocycles. The molecule has 1 saturated carbocycles. The Morgan fingerprint density at radius 2 is 2.20 bits per heavy atom. The first-order valence-electron chi connectivity index (χ1n) is 5.11. The fraction of sp³-hybridized carbons (Fsp3) is 0.417. The second kappa shape index (κ2) is 4.31. The molecule has 0 heterocycles. The molecule has 1 aromatic rings. The van der Waals surface area contributed by atoms with E-state index in [9.17, 15) is 9.18 Å². The van der Waals surface area contributed by atoms with Gasteiger partial charge in [-0.3, -0.25) is 4.79 Å². The van der Waals surface area contributed by atoms with E-state index >= 15 is 0 Å². The monoisotopic (exact) mass is 226 g/mol. The third-order valence-electron chi connectivity index (χ3n) is 2.60. The predicted octanol–water partition coefficient (Wildman–Crippen LogP) is 3.39. The number of hydrogen-bond acceptors (Lipinski definition) is 1. The minimum absolute atomic E-state index is 0.105. The summed E-state index contributed by atoms with van der Waals surface area (Å²) in [5.41, 5.74) is 0.711. The van der Waals surface area contributed by atoms with Gasteiger partial charge in [-0.25, -0.2) is 4.39 Å². The van der Waals surface area contributed by atoms with Crippen LogP contribution in [0.4, 0.5) is 4.39 Å². The lowest BCUT2D eigenvalue weighted by Gasteiger charge is -2.01. The summed E-state index contributed by atoms with van der Waals surface area (Å²) in [5, 5.41) is 0.105. The highest BCUT2D eigenvalue weighted by Gasteiger charge is 2.24. The number of Topliss-reactive ketones (excluding diaryl/α,β-unsaturated/α-hetero) is 1. The number of carbonyl (C=O) groups excluding carboxylic acids is 1. The van der Waals surface area contributed by atoms with Crippen molar-refractivity contribution in [3.63, 3.8) is 0 Å². The summed E-state index contributed by atoms with van der Waals surface area (Å²) in [6, 6.07) is 4.54. The van der Waals surface area contributed by atoms with Crippen molar-refractivity contribution in [1.29, 1.82) is 0 Å². The summed E-state index contributed by atoms with van der Waals surface area (Å²) >= 11 is 5.55. The van der Waals surface area contributed by atoms with E-state index in [2.05, 4.69) is 0 Å². The van der Waals surface area contributed by atoms with Gasteiger partial charge in [0.2, 0.25) is 0 Å². The van der Waals surface area contributed by atoms with E-state index in [0.29, 0.717) is 24.3 Å². The molecule has 1 fully saturated rings. The van der Waals surface area contributed by atoms with Crippen molar-refractivity contribution in [2.75, 3.05) is 0 Å². The van der Waals surface area contributed by atoms with Gasteiger partial charge in [0.1, 0.15) is 11.6 Å². The van der Waals surface area contributed by atoms with Gasteiger partial charge < -0.3 is 0 Å². The number of carbonyl (C=O) groups is 1. The highest BCUT2D eigenvalue weighted by Crippen LogP contribution is 2.32. The molecule has 0 aliphatic heterocycles. The Kier molecular flexibility index (Phi) is 3.06. The maximum atomic E-state index is 13.1. The number of ketones is 1. The van der Waals surface area contributed by atoms with Crippen LogP contribution in [0.25, 0.3) is 0 Å². The van der Waals surface area contributed by atoms with E-state index in [0.717, 1.165) is 0 Å². The lowest BCUT2D eigenvalue weighted by molar-refractivity contribution is -0.118. The van der Waals surface area contributed by atoms with Gasteiger partial charge in [0.15, 0.2) is 0 Å². The quantitative estimate of drug-likeness (QED) is 0.769. The Labute approximate surface area is 93.2 Å². The molecule has 1 aliphatic carbocycles. The van der Waals surface area contributed by atoms with Gasteiger partial charge in [0, 0.05) is 12.8 Å². The van der Waals surface area contributed by atoms with E-state index in [1.54, 1.807) is 6.07 Å². The van der Waals surface area contributed by atoms with Crippen molar-refractivity contribution in [2.24, 2.45) is 5.92 Å². The average molecular weight is 227 g/mol. The zero-order chi connectivity index (χ0) is 10.8. The summed E-state index contributed by atoms with van der Waals surface area (Å²) in [6.45, 7) is 0. The third-order valence-corrected chi connectivity index (χ3v) is 2.91.